The minimum atomic E-state index is -4.48. The molecule has 0 aliphatic carbocycles. The number of ether oxygens (including phenoxy) is 1. The average molecular weight is 326 g/mol. The highest BCUT2D eigenvalue weighted by Crippen LogP contribution is 2.42. The Kier molecular flexibility index (Phi) is 3.53. The molecule has 22 heavy (non-hydrogen) atoms. The summed E-state index contributed by atoms with van der Waals surface area (Å²) in [7, 11) is 1.47. The van der Waals surface area contributed by atoms with Crippen molar-refractivity contribution in [3.8, 4) is 16.9 Å². The van der Waals surface area contributed by atoms with Gasteiger partial charge in [-0.3, -0.25) is 0 Å². The van der Waals surface area contributed by atoms with Crippen molar-refractivity contribution in [1.82, 2.24) is 4.98 Å². The number of rotatable bonds is 2. The summed E-state index contributed by atoms with van der Waals surface area (Å²) in [5.41, 5.74) is 0.158. The zero-order valence-electron chi connectivity index (χ0n) is 11.5. The number of H-pyrrole nitrogens is 1. The Morgan fingerprint density at radius 3 is 2.32 bits per heavy atom. The number of hydrogen-bond donors (Lipinski definition) is 1. The van der Waals surface area contributed by atoms with E-state index in [2.05, 4.69) is 4.98 Å². The zero-order valence-corrected chi connectivity index (χ0v) is 12.2. The summed E-state index contributed by atoms with van der Waals surface area (Å²) >= 11 is 5.82. The molecule has 0 aliphatic heterocycles. The molecule has 1 aromatic heterocycles. The highest BCUT2D eigenvalue weighted by Gasteiger charge is 2.36. The van der Waals surface area contributed by atoms with Crippen molar-refractivity contribution in [2.75, 3.05) is 7.11 Å². The number of nitrogens with one attached hydrogen (secondary N) is 1. The zero-order chi connectivity index (χ0) is 15.9. The second-order valence-electron chi connectivity index (χ2n) is 4.79. The summed E-state index contributed by atoms with van der Waals surface area (Å²) in [4.78, 5) is 2.46. The molecule has 0 unspecified atom stereocenters. The fourth-order valence-corrected chi connectivity index (χ4v) is 2.55. The normalized spacial score (nSPS) is 11.9. The van der Waals surface area contributed by atoms with Crippen molar-refractivity contribution in [3.63, 3.8) is 0 Å². The first-order valence-corrected chi connectivity index (χ1v) is 6.81. The number of hydrogen-bond acceptors (Lipinski definition) is 1. The molecule has 0 atom stereocenters. The van der Waals surface area contributed by atoms with E-state index >= 15 is 0 Å². The van der Waals surface area contributed by atoms with Crippen LogP contribution in [0.1, 0.15) is 5.69 Å². The molecule has 3 aromatic rings. The first kappa shape index (κ1) is 14.8. The molecule has 6 heteroatoms. The van der Waals surface area contributed by atoms with E-state index in [1.807, 2.05) is 0 Å². The molecular weight excluding hydrogens is 315 g/mol. The molecule has 0 fully saturated rings. The predicted octanol–water partition coefficient (Wildman–Crippen LogP) is 5.52. The fourth-order valence-electron chi connectivity index (χ4n) is 2.43. The van der Waals surface area contributed by atoms with Crippen LogP contribution in [0, 0.1) is 0 Å². The van der Waals surface area contributed by atoms with Crippen LogP contribution in [0.5, 0.6) is 5.75 Å². The number of methoxy groups -OCH3 is 1. The average Bonchev–Trinajstić information content (AvgIpc) is 2.86. The molecule has 1 N–H and O–H groups in total. The summed E-state index contributed by atoms with van der Waals surface area (Å²) in [6, 6.07) is 11.0. The van der Waals surface area contributed by atoms with Crippen molar-refractivity contribution in [2.24, 2.45) is 0 Å². The third kappa shape index (κ3) is 2.52. The molecule has 0 bridgehead atoms. The number of alkyl halides is 3. The second-order valence-corrected chi connectivity index (χ2v) is 5.23. The van der Waals surface area contributed by atoms with Gasteiger partial charge in [-0.15, -0.1) is 0 Å². The van der Waals surface area contributed by atoms with Crippen LogP contribution < -0.4 is 4.74 Å². The first-order valence-electron chi connectivity index (χ1n) is 6.43. The number of halogens is 4. The van der Waals surface area contributed by atoms with Gasteiger partial charge in [0.1, 0.15) is 11.4 Å². The monoisotopic (exact) mass is 325 g/mol. The van der Waals surface area contributed by atoms with Gasteiger partial charge in [-0.2, -0.15) is 13.2 Å². The predicted molar refractivity (Wildman–Crippen MR) is 80.3 cm³/mol. The fraction of sp³-hybridized carbons (Fsp3) is 0.125. The standard InChI is InChI=1S/C16H11ClF3NO/c1-22-11-6-7-13-12(8-11)14(15(21-13)16(18,19)20)9-2-4-10(17)5-3-9/h2-8,21H,1H3. The summed E-state index contributed by atoms with van der Waals surface area (Å²) in [5.74, 6) is 0.496. The lowest BCUT2D eigenvalue weighted by Gasteiger charge is -2.09. The largest absolute Gasteiger partial charge is 0.497 e. The van der Waals surface area contributed by atoms with Gasteiger partial charge in [-0.25, -0.2) is 0 Å². The molecule has 0 spiro atoms. The smallest absolute Gasteiger partial charge is 0.431 e. The first-order chi connectivity index (χ1) is 10.4. The Balaban J connectivity index is 2.34. The van der Waals surface area contributed by atoms with Crippen molar-refractivity contribution in [1.29, 1.82) is 0 Å². The van der Waals surface area contributed by atoms with E-state index < -0.39 is 11.9 Å². The van der Waals surface area contributed by atoms with Crippen LogP contribution in [0.15, 0.2) is 42.5 Å². The molecule has 0 saturated carbocycles. The molecular formula is C16H11ClF3NO. The molecule has 2 aromatic carbocycles. The van der Waals surface area contributed by atoms with Crippen molar-refractivity contribution < 1.29 is 17.9 Å². The van der Waals surface area contributed by atoms with Gasteiger partial charge in [0.05, 0.1) is 7.11 Å². The number of aromatic amines is 1. The van der Waals surface area contributed by atoms with Crippen LogP contribution in [0.4, 0.5) is 13.2 Å². The maximum absolute atomic E-state index is 13.3. The van der Waals surface area contributed by atoms with E-state index in [-0.39, 0.29) is 5.56 Å². The van der Waals surface area contributed by atoms with Crippen LogP contribution in [-0.2, 0) is 6.18 Å². The summed E-state index contributed by atoms with van der Waals surface area (Å²) in [6.45, 7) is 0. The van der Waals surface area contributed by atoms with E-state index in [1.165, 1.54) is 7.11 Å². The maximum Gasteiger partial charge on any atom is 0.431 e. The molecule has 114 valence electrons. The van der Waals surface area contributed by atoms with E-state index in [0.717, 1.165) is 0 Å². The minimum absolute atomic E-state index is 0.0954. The third-order valence-corrected chi connectivity index (χ3v) is 3.67. The van der Waals surface area contributed by atoms with Gasteiger partial charge in [-0.1, -0.05) is 23.7 Å². The Morgan fingerprint density at radius 1 is 1.05 bits per heavy atom. The number of aromatic nitrogens is 1. The highest BCUT2D eigenvalue weighted by atomic mass is 35.5. The number of benzene rings is 2. The Morgan fingerprint density at radius 2 is 1.73 bits per heavy atom. The minimum Gasteiger partial charge on any atom is -0.497 e. The molecule has 1 heterocycles. The van der Waals surface area contributed by atoms with Gasteiger partial charge in [-0.05, 0) is 35.9 Å². The van der Waals surface area contributed by atoms with Gasteiger partial charge in [0, 0.05) is 21.5 Å². The SMILES string of the molecule is COc1ccc2[nH]c(C(F)(F)F)c(-c3ccc(Cl)cc3)c2c1. The lowest BCUT2D eigenvalue weighted by atomic mass is 10.0. The van der Waals surface area contributed by atoms with Gasteiger partial charge >= 0.3 is 6.18 Å². The van der Waals surface area contributed by atoms with Gasteiger partial charge in [0.15, 0.2) is 0 Å². The molecule has 0 radical (unpaired) electrons. The second kappa shape index (κ2) is 5.25. The highest BCUT2D eigenvalue weighted by molar-refractivity contribution is 6.30. The van der Waals surface area contributed by atoms with Gasteiger partial charge in [0.25, 0.3) is 0 Å². The summed E-state index contributed by atoms with van der Waals surface area (Å²) in [6.07, 6.45) is -4.48. The van der Waals surface area contributed by atoms with E-state index in [0.29, 0.717) is 27.2 Å². The quantitative estimate of drug-likeness (QED) is 0.659. The summed E-state index contributed by atoms with van der Waals surface area (Å²) in [5, 5.41) is 0.920. The van der Waals surface area contributed by atoms with Crippen LogP contribution in [0.2, 0.25) is 5.02 Å². The molecule has 2 nitrogen and oxygen atoms in total. The lowest BCUT2D eigenvalue weighted by Crippen LogP contribution is -2.07. The molecule has 0 aliphatic rings. The van der Waals surface area contributed by atoms with Crippen LogP contribution in [0.3, 0.4) is 0 Å². The van der Waals surface area contributed by atoms with Crippen molar-refractivity contribution in [2.45, 2.75) is 6.18 Å². The van der Waals surface area contributed by atoms with Crippen molar-refractivity contribution in [3.05, 3.63) is 53.2 Å². The summed E-state index contributed by atoms with van der Waals surface area (Å²) < 4.78 is 45.1. The molecule has 3 rings (SSSR count). The van der Waals surface area contributed by atoms with Crippen LogP contribution in [0.25, 0.3) is 22.0 Å². The Labute approximate surface area is 129 Å². The van der Waals surface area contributed by atoms with Gasteiger partial charge in [0.2, 0.25) is 0 Å². The van der Waals surface area contributed by atoms with E-state index in [1.54, 1.807) is 42.5 Å². The van der Waals surface area contributed by atoms with Gasteiger partial charge < -0.3 is 9.72 Å². The Bertz CT molecular complexity index is 822. The number of fused-ring (bicyclic) bond motifs is 1. The van der Waals surface area contributed by atoms with Crippen molar-refractivity contribution >= 4 is 22.5 Å². The van der Waals surface area contributed by atoms with E-state index in [4.69, 9.17) is 16.3 Å². The molecule has 0 saturated heterocycles. The Hall–Kier alpha value is -2.14. The van der Waals surface area contributed by atoms with E-state index in [9.17, 15) is 13.2 Å². The topological polar surface area (TPSA) is 25.0 Å². The molecule has 0 amide bonds. The lowest BCUT2D eigenvalue weighted by molar-refractivity contribution is -0.140. The van der Waals surface area contributed by atoms with Crippen LogP contribution >= 0.6 is 11.6 Å². The van der Waals surface area contributed by atoms with Crippen LogP contribution in [-0.4, -0.2) is 12.1 Å². The third-order valence-electron chi connectivity index (χ3n) is 3.42. The maximum atomic E-state index is 13.3.